The molecule has 2 radical (unpaired) electrons. The predicted octanol–water partition coefficient (Wildman–Crippen LogP) is 3.74. The number of alkyl halides is 4. The topological polar surface area (TPSA) is 236 Å². The van der Waals surface area contributed by atoms with Gasteiger partial charge < -0.3 is 49.3 Å². The fourth-order valence-electron chi connectivity index (χ4n) is 4.79. The molecule has 2 atom stereocenters. The molecule has 55 heavy (non-hydrogen) atoms. The molecule has 2 aromatic carbocycles. The molecule has 6 N–H and O–H groups in total. The molecule has 6 aromatic rings. The van der Waals surface area contributed by atoms with Gasteiger partial charge in [-0.1, -0.05) is 0 Å². The summed E-state index contributed by atoms with van der Waals surface area (Å²) in [5, 5.41) is 0.390. The van der Waals surface area contributed by atoms with Crippen molar-refractivity contribution in [3.05, 3.63) is 72.3 Å². The minimum atomic E-state index is -2.92. The van der Waals surface area contributed by atoms with Gasteiger partial charge in [0.05, 0.1) is 95.0 Å². The van der Waals surface area contributed by atoms with Crippen molar-refractivity contribution in [1.82, 2.24) is 29.9 Å². The number of aromatic amines is 2. The number of rotatable bonds is 14. The normalized spacial score (nSPS) is 11.7. The van der Waals surface area contributed by atoms with Gasteiger partial charge in [0.2, 0.25) is 0 Å². The number of nitrogens with one attached hydrogen (secondary N) is 2. The van der Waals surface area contributed by atoms with Crippen LogP contribution in [0.3, 0.4) is 0 Å². The highest BCUT2D eigenvalue weighted by Crippen LogP contribution is 2.32. The number of hydrogen-bond acceptors (Lipinski definition) is 12. The van der Waals surface area contributed by atoms with Crippen molar-refractivity contribution in [3.63, 3.8) is 0 Å². The van der Waals surface area contributed by atoms with Crippen LogP contribution in [0.5, 0.6) is 34.5 Å². The first-order chi connectivity index (χ1) is 25.0. The van der Waals surface area contributed by atoms with E-state index in [0.717, 1.165) is 0 Å². The van der Waals surface area contributed by atoms with E-state index in [1.807, 2.05) is 0 Å². The Labute approximate surface area is 331 Å². The number of imidazole rings is 2. The van der Waals surface area contributed by atoms with Gasteiger partial charge in [-0.2, -0.15) is 17.6 Å². The number of nitrogens with zero attached hydrogens (tertiary/aromatic N) is 4. The molecule has 4 heterocycles. The lowest BCUT2D eigenvalue weighted by Gasteiger charge is -2.10. The predicted molar refractivity (Wildman–Crippen MR) is 193 cm³/mol. The number of fused-ring (bicyclic) bond motifs is 2. The van der Waals surface area contributed by atoms with E-state index in [-0.39, 0.29) is 67.3 Å². The van der Waals surface area contributed by atoms with Gasteiger partial charge in [-0.3, -0.25) is 18.4 Å². The third-order valence-corrected chi connectivity index (χ3v) is 9.33. The van der Waals surface area contributed by atoms with Crippen LogP contribution in [0.25, 0.3) is 22.1 Å². The molecule has 2 unspecified atom stereocenters. The highest BCUT2D eigenvalue weighted by atomic mass is 32.2. The van der Waals surface area contributed by atoms with Crippen molar-refractivity contribution < 1.29 is 65.4 Å². The van der Waals surface area contributed by atoms with E-state index in [0.29, 0.717) is 56.5 Å². The Morgan fingerprint density at radius 1 is 0.618 bits per heavy atom. The maximum absolute atomic E-state index is 12.6. The maximum atomic E-state index is 12.6. The molecule has 0 saturated carbocycles. The molecule has 0 amide bonds. The number of hydrogen-bond donors (Lipinski definition) is 2. The molecule has 23 heteroatoms. The molecule has 4 aromatic heterocycles. The maximum Gasteiger partial charge on any atom is 0.387 e. The van der Waals surface area contributed by atoms with Crippen molar-refractivity contribution in [3.8, 4) is 34.5 Å². The molecule has 0 saturated heterocycles. The van der Waals surface area contributed by atoms with E-state index >= 15 is 0 Å². The number of ether oxygens (including phenoxy) is 6. The highest BCUT2D eigenvalue weighted by molar-refractivity contribution is 7.84. The van der Waals surface area contributed by atoms with Crippen LogP contribution in [-0.4, -0.2) is 114 Å². The van der Waals surface area contributed by atoms with Crippen LogP contribution in [0.15, 0.2) is 71.2 Å². The second-order valence-corrected chi connectivity index (χ2v) is 12.9. The van der Waals surface area contributed by atoms with Crippen LogP contribution >= 0.6 is 0 Å². The molecule has 294 valence electrons. The van der Waals surface area contributed by atoms with Crippen molar-refractivity contribution in [2.75, 3.05) is 28.4 Å². The van der Waals surface area contributed by atoms with E-state index in [2.05, 4.69) is 39.4 Å². The third kappa shape index (κ3) is 11.6. The Bertz CT molecular complexity index is 2060. The van der Waals surface area contributed by atoms with Crippen LogP contribution in [0.4, 0.5) is 17.6 Å². The van der Waals surface area contributed by atoms with Crippen LogP contribution in [0.2, 0.25) is 0 Å². The van der Waals surface area contributed by atoms with E-state index in [4.69, 9.17) is 18.9 Å². The molecule has 16 nitrogen and oxygen atoms in total. The minimum absolute atomic E-state index is 0. The number of halogens is 4. The molecule has 0 spiro atoms. The zero-order chi connectivity index (χ0) is 37.4. The molecule has 0 aliphatic carbocycles. The fourth-order valence-corrected chi connectivity index (χ4v) is 6.82. The Kier molecular flexibility index (Phi) is 18.0. The zero-order valence-electron chi connectivity index (χ0n) is 29.4. The standard InChI is InChI=1S/2C16H15F2N3O4S.Mg.2H2O/c2*1-23-13-5-6-19-12(14(13)24-2)8-26(22)16-20-10-4-3-9(25-15(17)18)7-11(10)21-16;;;/h2*3-7,15H,8H2,1-2H3,(H,20,21);;2*1H2. The summed E-state index contributed by atoms with van der Waals surface area (Å²) < 4.78 is 104. The lowest BCUT2D eigenvalue weighted by Crippen LogP contribution is -2.04. The third-order valence-electron chi connectivity index (χ3n) is 7.01. The highest BCUT2D eigenvalue weighted by Gasteiger charge is 2.19. The van der Waals surface area contributed by atoms with Gasteiger partial charge in [0, 0.05) is 59.7 Å². The molecule has 6 rings (SSSR count). The lowest BCUT2D eigenvalue weighted by molar-refractivity contribution is -0.0504. The summed E-state index contributed by atoms with van der Waals surface area (Å²) in [6.45, 7) is -5.84. The van der Waals surface area contributed by atoms with Gasteiger partial charge in [0.1, 0.15) is 11.5 Å². The van der Waals surface area contributed by atoms with E-state index in [9.17, 15) is 26.0 Å². The second kappa shape index (κ2) is 21.3. The smallest absolute Gasteiger partial charge is 0.387 e. The Morgan fingerprint density at radius 3 is 1.33 bits per heavy atom. The van der Waals surface area contributed by atoms with Crippen LogP contribution < -0.4 is 28.4 Å². The van der Waals surface area contributed by atoms with Gasteiger partial charge in [-0.15, -0.1) is 0 Å². The molecule has 0 aliphatic rings. The van der Waals surface area contributed by atoms with Crippen LogP contribution in [0.1, 0.15) is 11.4 Å². The average Bonchev–Trinajstić information content (AvgIpc) is 3.75. The van der Waals surface area contributed by atoms with Crippen LogP contribution in [-0.2, 0) is 33.1 Å². The SMILES string of the molecule is COc1ccnc(CS(=O)c2nc3ccc(OC(F)F)cc3[nH]2)c1OC.COc1ccnc(CS(=O)c2nc3ccc(OC(F)F)cc3[nH]2)c1OC.O.O.[Mg]. The summed E-state index contributed by atoms with van der Waals surface area (Å²) in [5.74, 6) is 1.82. The summed E-state index contributed by atoms with van der Waals surface area (Å²) in [5.41, 5.74) is 2.76. The first-order valence-corrected chi connectivity index (χ1v) is 17.4. The summed E-state index contributed by atoms with van der Waals surface area (Å²) in [6, 6.07) is 11.8. The van der Waals surface area contributed by atoms with Crippen molar-refractivity contribution in [2.24, 2.45) is 0 Å². The Morgan fingerprint density at radius 2 is 1.00 bits per heavy atom. The average molecular weight is 827 g/mol. The van der Waals surface area contributed by atoms with Gasteiger partial charge in [-0.25, -0.2) is 9.97 Å². The Balaban J connectivity index is 0.000000360. The fraction of sp³-hybridized carbons (Fsp3) is 0.250. The van der Waals surface area contributed by atoms with Gasteiger partial charge in [-0.05, 0) is 24.3 Å². The van der Waals surface area contributed by atoms with E-state index in [1.165, 1.54) is 77.2 Å². The van der Waals surface area contributed by atoms with Crippen molar-refractivity contribution >= 4 is 66.7 Å². The number of benzene rings is 2. The van der Waals surface area contributed by atoms with Gasteiger partial charge >= 0.3 is 13.2 Å². The number of pyridine rings is 2. The minimum Gasteiger partial charge on any atom is -0.493 e. The Hall–Kier alpha value is -4.81. The molecular formula is C32H34F4MgN6O10S2. The quantitative estimate of drug-likeness (QED) is 0.118. The first-order valence-electron chi connectivity index (χ1n) is 14.8. The summed E-state index contributed by atoms with van der Waals surface area (Å²) in [6.07, 6.45) is 3.06. The summed E-state index contributed by atoms with van der Waals surface area (Å²) in [4.78, 5) is 22.5. The van der Waals surface area contributed by atoms with Crippen molar-refractivity contribution in [2.45, 2.75) is 35.0 Å². The first kappa shape index (κ1) is 46.3. The number of aromatic nitrogens is 6. The largest absolute Gasteiger partial charge is 0.493 e. The molecular weight excluding hydrogens is 793 g/mol. The van der Waals surface area contributed by atoms with Crippen molar-refractivity contribution in [1.29, 1.82) is 0 Å². The number of H-pyrrole nitrogens is 2. The molecule has 0 fully saturated rings. The molecule has 0 bridgehead atoms. The van der Waals surface area contributed by atoms with Crippen LogP contribution in [0, 0.1) is 0 Å². The van der Waals surface area contributed by atoms with Gasteiger partial charge in [0.25, 0.3) is 0 Å². The molecule has 0 aliphatic heterocycles. The second-order valence-electron chi connectivity index (χ2n) is 10.2. The zero-order valence-corrected chi connectivity index (χ0v) is 32.5. The lowest BCUT2D eigenvalue weighted by atomic mass is 10.3. The van der Waals surface area contributed by atoms with Gasteiger partial charge in [0.15, 0.2) is 33.3 Å². The van der Waals surface area contributed by atoms with E-state index in [1.54, 1.807) is 12.1 Å². The number of methoxy groups -OCH3 is 4. The summed E-state index contributed by atoms with van der Waals surface area (Å²) in [7, 11) is 2.81. The monoisotopic (exact) mass is 826 g/mol. The summed E-state index contributed by atoms with van der Waals surface area (Å²) >= 11 is 0. The van der Waals surface area contributed by atoms with E-state index < -0.39 is 34.8 Å².